The number of benzene rings is 1. The van der Waals surface area contributed by atoms with Gasteiger partial charge in [0.2, 0.25) is 0 Å². The van der Waals surface area contributed by atoms with Crippen LogP contribution >= 0.6 is 0 Å². The predicted molar refractivity (Wildman–Crippen MR) is 69.2 cm³/mol. The van der Waals surface area contributed by atoms with Gasteiger partial charge in [-0.1, -0.05) is 5.11 Å². The molecule has 0 aliphatic rings. The van der Waals surface area contributed by atoms with Gasteiger partial charge in [-0.05, 0) is 18.0 Å². The first-order valence-electron chi connectivity index (χ1n) is 5.70. The van der Waals surface area contributed by atoms with Gasteiger partial charge in [-0.2, -0.15) is 0 Å². The highest BCUT2D eigenvalue weighted by molar-refractivity contribution is 5.45. The van der Waals surface area contributed by atoms with Gasteiger partial charge in [-0.3, -0.25) is 10.1 Å². The van der Waals surface area contributed by atoms with E-state index in [1.807, 2.05) is 0 Å². The largest absolute Gasteiger partial charge is 0.496 e. The van der Waals surface area contributed by atoms with Crippen molar-refractivity contribution in [3.63, 3.8) is 0 Å². The van der Waals surface area contributed by atoms with Crippen LogP contribution in [-0.2, 0) is 0 Å². The average molecular weight is 282 g/mol. The molecular formula is C11H14N4O5. The number of aliphatic hydroxyl groups is 2. The van der Waals surface area contributed by atoms with E-state index in [9.17, 15) is 20.3 Å². The minimum atomic E-state index is -1.38. The minimum absolute atomic E-state index is 0.00592. The molecule has 1 aromatic carbocycles. The summed E-state index contributed by atoms with van der Waals surface area (Å²) in [5.74, 6) is 0.228. The average Bonchev–Trinajstić information content (AvgIpc) is 2.45. The Bertz CT molecular complexity index is 530. The summed E-state index contributed by atoms with van der Waals surface area (Å²) >= 11 is 0. The Morgan fingerprint density at radius 1 is 1.55 bits per heavy atom. The van der Waals surface area contributed by atoms with E-state index in [0.29, 0.717) is 0 Å². The van der Waals surface area contributed by atoms with Crippen molar-refractivity contribution in [1.82, 2.24) is 0 Å². The normalized spacial score (nSPS) is 13.2. The van der Waals surface area contributed by atoms with Gasteiger partial charge in [0, 0.05) is 29.2 Å². The van der Waals surface area contributed by atoms with Crippen LogP contribution in [0.15, 0.2) is 23.3 Å². The minimum Gasteiger partial charge on any atom is -0.496 e. The molecule has 2 atom stereocenters. The second-order valence-corrected chi connectivity index (χ2v) is 3.94. The van der Waals surface area contributed by atoms with Crippen molar-refractivity contribution in [1.29, 1.82) is 0 Å². The van der Waals surface area contributed by atoms with E-state index in [1.54, 1.807) is 0 Å². The third-order valence-corrected chi connectivity index (χ3v) is 2.70. The smallest absolute Gasteiger partial charge is 0.270 e. The summed E-state index contributed by atoms with van der Waals surface area (Å²) in [6.07, 6.45) is -2.58. The lowest BCUT2D eigenvalue weighted by molar-refractivity contribution is -0.385. The van der Waals surface area contributed by atoms with Crippen molar-refractivity contribution in [2.75, 3.05) is 13.7 Å². The number of rotatable bonds is 7. The summed E-state index contributed by atoms with van der Waals surface area (Å²) in [6, 6.07) is 3.72. The van der Waals surface area contributed by atoms with Gasteiger partial charge in [0.1, 0.15) is 11.9 Å². The van der Waals surface area contributed by atoms with E-state index >= 15 is 0 Å². The van der Waals surface area contributed by atoms with Crippen LogP contribution in [0.1, 0.15) is 18.1 Å². The van der Waals surface area contributed by atoms with Gasteiger partial charge in [0.05, 0.1) is 18.1 Å². The van der Waals surface area contributed by atoms with E-state index < -0.39 is 17.1 Å². The quantitative estimate of drug-likeness (QED) is 0.257. The number of nitro groups is 1. The fourth-order valence-corrected chi connectivity index (χ4v) is 1.67. The number of non-ortho nitro benzene ring substituents is 1. The molecule has 0 saturated carbocycles. The molecule has 2 N–H and O–H groups in total. The van der Waals surface area contributed by atoms with E-state index in [4.69, 9.17) is 10.3 Å². The Morgan fingerprint density at radius 3 is 2.80 bits per heavy atom. The van der Waals surface area contributed by atoms with Crippen molar-refractivity contribution in [3.05, 3.63) is 44.3 Å². The molecular weight excluding hydrogens is 268 g/mol. The van der Waals surface area contributed by atoms with Gasteiger partial charge >= 0.3 is 0 Å². The van der Waals surface area contributed by atoms with Crippen LogP contribution < -0.4 is 4.74 Å². The first-order chi connectivity index (χ1) is 9.51. The Balaban J connectivity index is 2.99. The highest BCUT2D eigenvalue weighted by Gasteiger charge is 2.23. The Morgan fingerprint density at radius 2 is 2.25 bits per heavy atom. The Kier molecular flexibility index (Phi) is 5.73. The number of methoxy groups -OCH3 is 1. The molecule has 0 aromatic heterocycles. The molecule has 0 bridgehead atoms. The van der Waals surface area contributed by atoms with Gasteiger partial charge in [0.25, 0.3) is 5.69 Å². The lowest BCUT2D eigenvalue weighted by atomic mass is 10.0. The summed E-state index contributed by atoms with van der Waals surface area (Å²) < 4.78 is 5.00. The monoisotopic (exact) mass is 282 g/mol. The standard InChI is InChI=1S/C11H14N4O5/c1-20-10-3-2-7(15(18)19)6-8(10)11(17)9(16)4-5-13-14-12/h2-3,6,9,11,16-17H,4-5H2,1H3. The van der Waals surface area contributed by atoms with Gasteiger partial charge in [-0.15, -0.1) is 0 Å². The van der Waals surface area contributed by atoms with Crippen LogP contribution in [0.4, 0.5) is 5.69 Å². The zero-order chi connectivity index (χ0) is 15.1. The Labute approximate surface area is 114 Å². The molecule has 108 valence electrons. The molecule has 0 aliphatic heterocycles. The second-order valence-electron chi connectivity index (χ2n) is 3.94. The SMILES string of the molecule is COc1ccc([N+](=O)[O-])cc1C(O)C(O)CCN=[N+]=[N-]. The first kappa shape index (κ1) is 15.7. The van der Waals surface area contributed by atoms with Gasteiger partial charge < -0.3 is 14.9 Å². The topological polar surface area (TPSA) is 142 Å². The van der Waals surface area contributed by atoms with E-state index in [-0.39, 0.29) is 30.0 Å². The number of azide groups is 1. The fraction of sp³-hybridized carbons (Fsp3) is 0.455. The third kappa shape index (κ3) is 3.82. The zero-order valence-electron chi connectivity index (χ0n) is 10.7. The molecule has 0 radical (unpaired) electrons. The second kappa shape index (κ2) is 7.29. The lowest BCUT2D eigenvalue weighted by Gasteiger charge is -2.19. The maximum absolute atomic E-state index is 10.7. The van der Waals surface area contributed by atoms with Crippen LogP contribution in [0.5, 0.6) is 5.75 Å². The van der Waals surface area contributed by atoms with Crippen LogP contribution in [0.25, 0.3) is 10.4 Å². The zero-order valence-corrected chi connectivity index (χ0v) is 10.7. The highest BCUT2D eigenvalue weighted by Crippen LogP contribution is 2.31. The summed E-state index contributed by atoms with van der Waals surface area (Å²) in [7, 11) is 1.35. The highest BCUT2D eigenvalue weighted by atomic mass is 16.6. The predicted octanol–water partition coefficient (Wildman–Crippen LogP) is 1.70. The van der Waals surface area contributed by atoms with Crippen LogP contribution in [-0.4, -0.2) is 34.9 Å². The fourth-order valence-electron chi connectivity index (χ4n) is 1.67. The number of nitro benzene ring substituents is 1. The molecule has 0 amide bonds. The first-order valence-corrected chi connectivity index (χ1v) is 5.70. The summed E-state index contributed by atoms with van der Waals surface area (Å²) in [4.78, 5) is 12.6. The number of ether oxygens (including phenoxy) is 1. The van der Waals surface area contributed by atoms with Gasteiger partial charge in [-0.25, -0.2) is 0 Å². The lowest BCUT2D eigenvalue weighted by Crippen LogP contribution is -2.20. The molecule has 20 heavy (non-hydrogen) atoms. The van der Waals surface area contributed by atoms with Gasteiger partial charge in [0.15, 0.2) is 0 Å². The van der Waals surface area contributed by atoms with Crippen LogP contribution in [0, 0.1) is 10.1 Å². The maximum Gasteiger partial charge on any atom is 0.270 e. The molecule has 0 aliphatic carbocycles. The molecule has 1 rings (SSSR count). The summed E-state index contributed by atoms with van der Waals surface area (Å²) in [5, 5.41) is 33.8. The van der Waals surface area contributed by atoms with Crippen molar-refractivity contribution < 1.29 is 19.9 Å². The molecule has 9 nitrogen and oxygen atoms in total. The van der Waals surface area contributed by atoms with Crippen LogP contribution in [0.3, 0.4) is 0 Å². The van der Waals surface area contributed by atoms with Crippen LogP contribution in [0.2, 0.25) is 0 Å². The number of aliphatic hydroxyl groups excluding tert-OH is 2. The van der Waals surface area contributed by atoms with E-state index in [2.05, 4.69) is 10.0 Å². The molecule has 0 heterocycles. The van der Waals surface area contributed by atoms with Crippen molar-refractivity contribution >= 4 is 5.69 Å². The third-order valence-electron chi connectivity index (χ3n) is 2.70. The van der Waals surface area contributed by atoms with E-state index in [1.165, 1.54) is 19.2 Å². The maximum atomic E-state index is 10.7. The summed E-state index contributed by atoms with van der Waals surface area (Å²) in [5.41, 5.74) is 8.02. The van der Waals surface area contributed by atoms with Crippen molar-refractivity contribution in [2.45, 2.75) is 18.6 Å². The molecule has 0 spiro atoms. The van der Waals surface area contributed by atoms with E-state index in [0.717, 1.165) is 6.07 Å². The molecule has 0 fully saturated rings. The molecule has 1 aromatic rings. The van der Waals surface area contributed by atoms with Crippen molar-refractivity contribution in [3.8, 4) is 5.75 Å². The van der Waals surface area contributed by atoms with Crippen molar-refractivity contribution in [2.24, 2.45) is 5.11 Å². The molecule has 0 saturated heterocycles. The molecule has 2 unspecified atom stereocenters. The summed E-state index contributed by atoms with van der Waals surface area (Å²) in [6.45, 7) is 0.00592. The number of nitrogens with zero attached hydrogens (tertiary/aromatic N) is 4. The number of hydrogen-bond donors (Lipinski definition) is 2. The Hall–Kier alpha value is -2.35. The molecule has 9 heteroatoms. The number of hydrogen-bond acceptors (Lipinski definition) is 6.